The van der Waals surface area contributed by atoms with E-state index >= 15 is 0 Å². The zero-order valence-electron chi connectivity index (χ0n) is 10.9. The third-order valence-corrected chi connectivity index (χ3v) is 3.39. The molecule has 3 heteroatoms. The Labute approximate surface area is 109 Å². The Bertz CT molecular complexity index is 326. The van der Waals surface area contributed by atoms with Gasteiger partial charge in [0.2, 0.25) is 0 Å². The molecule has 96 valence electrons. The van der Waals surface area contributed by atoms with Crippen LogP contribution in [0, 0.1) is 0 Å². The van der Waals surface area contributed by atoms with Crippen molar-refractivity contribution in [2.75, 3.05) is 13.7 Å². The molecule has 0 aliphatic heterocycles. The number of hydrogen-bond donors (Lipinski definition) is 1. The number of ether oxygens (including phenoxy) is 1. The van der Waals surface area contributed by atoms with Crippen molar-refractivity contribution in [2.45, 2.75) is 38.8 Å². The average Bonchev–Trinajstić information content (AvgIpc) is 2.34. The third-order valence-electron chi connectivity index (χ3n) is 3.02. The number of hydrogen-bond acceptors (Lipinski definition) is 2. The summed E-state index contributed by atoms with van der Waals surface area (Å²) in [5.74, 6) is 0. The lowest BCUT2D eigenvalue weighted by atomic mass is 9.99. The number of rotatable bonds is 7. The van der Waals surface area contributed by atoms with Crippen LogP contribution >= 0.6 is 11.6 Å². The summed E-state index contributed by atoms with van der Waals surface area (Å²) in [7, 11) is 1.77. The Morgan fingerprint density at radius 2 is 2.00 bits per heavy atom. The van der Waals surface area contributed by atoms with Gasteiger partial charge in [0.05, 0.1) is 6.10 Å². The van der Waals surface area contributed by atoms with Crippen molar-refractivity contribution in [1.29, 1.82) is 0 Å². The molecule has 0 aliphatic carbocycles. The SMILES string of the molecule is CCNC(Cc1ccccc1Cl)C(CC)OC. The number of likely N-dealkylation sites (N-methyl/N-ethyl adjacent to an activating group) is 1. The van der Waals surface area contributed by atoms with Gasteiger partial charge in [-0.15, -0.1) is 0 Å². The number of halogens is 1. The van der Waals surface area contributed by atoms with Gasteiger partial charge in [0.25, 0.3) is 0 Å². The van der Waals surface area contributed by atoms with Crippen molar-refractivity contribution in [3.63, 3.8) is 0 Å². The van der Waals surface area contributed by atoms with E-state index in [4.69, 9.17) is 16.3 Å². The van der Waals surface area contributed by atoms with E-state index in [-0.39, 0.29) is 6.10 Å². The fourth-order valence-corrected chi connectivity index (χ4v) is 2.33. The zero-order valence-corrected chi connectivity index (χ0v) is 11.6. The number of benzene rings is 1. The molecule has 17 heavy (non-hydrogen) atoms. The van der Waals surface area contributed by atoms with Gasteiger partial charge in [-0.3, -0.25) is 0 Å². The van der Waals surface area contributed by atoms with E-state index in [1.54, 1.807) is 7.11 Å². The van der Waals surface area contributed by atoms with Gasteiger partial charge < -0.3 is 10.1 Å². The molecule has 0 radical (unpaired) electrons. The molecule has 0 heterocycles. The van der Waals surface area contributed by atoms with Crippen LogP contribution in [-0.4, -0.2) is 25.8 Å². The molecule has 1 N–H and O–H groups in total. The first-order valence-corrected chi connectivity index (χ1v) is 6.60. The van der Waals surface area contributed by atoms with Crippen LogP contribution in [0.2, 0.25) is 5.02 Å². The maximum Gasteiger partial charge on any atom is 0.0724 e. The molecule has 2 nitrogen and oxygen atoms in total. The largest absolute Gasteiger partial charge is 0.380 e. The smallest absolute Gasteiger partial charge is 0.0724 e. The van der Waals surface area contributed by atoms with Gasteiger partial charge in [0.1, 0.15) is 0 Å². The Kier molecular flexibility index (Phi) is 6.56. The lowest BCUT2D eigenvalue weighted by Crippen LogP contribution is -2.42. The summed E-state index contributed by atoms with van der Waals surface area (Å²) in [6.45, 7) is 5.20. The van der Waals surface area contributed by atoms with Crippen molar-refractivity contribution in [3.8, 4) is 0 Å². The monoisotopic (exact) mass is 255 g/mol. The summed E-state index contributed by atoms with van der Waals surface area (Å²) < 4.78 is 5.52. The van der Waals surface area contributed by atoms with Gasteiger partial charge in [0, 0.05) is 18.2 Å². The molecule has 0 bridgehead atoms. The molecular formula is C14H22ClNO. The standard InChI is InChI=1S/C14H22ClNO/c1-4-14(17-3)13(16-5-2)10-11-8-6-7-9-12(11)15/h6-9,13-14,16H,4-5,10H2,1-3H3. The lowest BCUT2D eigenvalue weighted by Gasteiger charge is -2.26. The molecule has 1 aromatic rings. The zero-order chi connectivity index (χ0) is 12.7. The predicted octanol–water partition coefficient (Wildman–Crippen LogP) is 3.29. The number of nitrogens with one attached hydrogen (secondary N) is 1. The highest BCUT2D eigenvalue weighted by Crippen LogP contribution is 2.19. The molecule has 1 aromatic carbocycles. The first kappa shape index (κ1) is 14.5. The molecule has 1 rings (SSSR count). The van der Waals surface area contributed by atoms with Gasteiger partial charge in [0.15, 0.2) is 0 Å². The molecule has 0 amide bonds. The van der Waals surface area contributed by atoms with Crippen molar-refractivity contribution >= 4 is 11.6 Å². The van der Waals surface area contributed by atoms with Crippen LogP contribution in [0.25, 0.3) is 0 Å². The van der Waals surface area contributed by atoms with Crippen LogP contribution in [0.5, 0.6) is 0 Å². The Balaban J connectivity index is 2.75. The maximum absolute atomic E-state index is 6.19. The maximum atomic E-state index is 6.19. The van der Waals surface area contributed by atoms with E-state index in [2.05, 4.69) is 25.2 Å². The summed E-state index contributed by atoms with van der Waals surface area (Å²) in [6.07, 6.45) is 2.13. The predicted molar refractivity (Wildman–Crippen MR) is 73.7 cm³/mol. The third kappa shape index (κ3) is 4.30. The van der Waals surface area contributed by atoms with Gasteiger partial charge in [-0.2, -0.15) is 0 Å². The quantitative estimate of drug-likeness (QED) is 0.807. The second-order valence-electron chi connectivity index (χ2n) is 4.14. The molecule has 0 saturated carbocycles. The van der Waals surface area contributed by atoms with Crippen molar-refractivity contribution in [2.24, 2.45) is 0 Å². The molecular weight excluding hydrogens is 234 g/mol. The van der Waals surface area contributed by atoms with Gasteiger partial charge in [-0.05, 0) is 31.0 Å². The Morgan fingerprint density at radius 3 is 2.53 bits per heavy atom. The summed E-state index contributed by atoms with van der Waals surface area (Å²) in [4.78, 5) is 0. The van der Waals surface area contributed by atoms with Crippen LogP contribution in [0.4, 0.5) is 0 Å². The summed E-state index contributed by atoms with van der Waals surface area (Å²) in [5, 5.41) is 4.31. The minimum absolute atomic E-state index is 0.228. The van der Waals surface area contributed by atoms with Gasteiger partial charge in [-0.25, -0.2) is 0 Å². The van der Waals surface area contributed by atoms with E-state index in [0.29, 0.717) is 6.04 Å². The molecule has 0 spiro atoms. The highest BCUT2D eigenvalue weighted by atomic mass is 35.5. The van der Waals surface area contributed by atoms with Crippen LogP contribution in [0.3, 0.4) is 0 Å². The normalized spacial score (nSPS) is 14.6. The summed E-state index contributed by atoms with van der Waals surface area (Å²) in [5.41, 5.74) is 1.18. The minimum Gasteiger partial charge on any atom is -0.380 e. The van der Waals surface area contributed by atoms with Crippen LogP contribution in [0.15, 0.2) is 24.3 Å². The minimum atomic E-state index is 0.228. The van der Waals surface area contributed by atoms with Crippen LogP contribution < -0.4 is 5.32 Å². The fourth-order valence-electron chi connectivity index (χ4n) is 2.11. The number of methoxy groups -OCH3 is 1. The van der Waals surface area contributed by atoms with E-state index in [1.165, 1.54) is 5.56 Å². The second kappa shape index (κ2) is 7.70. The van der Waals surface area contributed by atoms with Gasteiger partial charge >= 0.3 is 0 Å². The van der Waals surface area contributed by atoms with Crippen molar-refractivity contribution < 1.29 is 4.74 Å². The van der Waals surface area contributed by atoms with E-state index < -0.39 is 0 Å². The van der Waals surface area contributed by atoms with Crippen molar-refractivity contribution in [1.82, 2.24) is 5.32 Å². The first-order chi connectivity index (χ1) is 8.22. The van der Waals surface area contributed by atoms with Gasteiger partial charge in [-0.1, -0.05) is 43.6 Å². The van der Waals surface area contributed by atoms with Crippen LogP contribution in [-0.2, 0) is 11.2 Å². The topological polar surface area (TPSA) is 21.3 Å². The van der Waals surface area contributed by atoms with Crippen LogP contribution in [0.1, 0.15) is 25.8 Å². The molecule has 0 fully saturated rings. The first-order valence-electron chi connectivity index (χ1n) is 6.22. The van der Waals surface area contributed by atoms with E-state index in [1.807, 2.05) is 18.2 Å². The highest BCUT2D eigenvalue weighted by Gasteiger charge is 2.19. The molecule has 0 aliphatic rings. The summed E-state index contributed by atoms with van der Waals surface area (Å²) in [6, 6.07) is 8.32. The van der Waals surface area contributed by atoms with E-state index in [9.17, 15) is 0 Å². The van der Waals surface area contributed by atoms with Crippen molar-refractivity contribution in [3.05, 3.63) is 34.9 Å². The second-order valence-corrected chi connectivity index (χ2v) is 4.55. The average molecular weight is 256 g/mol. The molecule has 0 aromatic heterocycles. The summed E-state index contributed by atoms with van der Waals surface area (Å²) >= 11 is 6.19. The Morgan fingerprint density at radius 1 is 1.29 bits per heavy atom. The molecule has 2 atom stereocenters. The highest BCUT2D eigenvalue weighted by molar-refractivity contribution is 6.31. The fraction of sp³-hybridized carbons (Fsp3) is 0.571. The molecule has 0 saturated heterocycles. The van der Waals surface area contributed by atoms with E-state index in [0.717, 1.165) is 24.4 Å². The Hall–Kier alpha value is -0.570. The molecule has 2 unspecified atom stereocenters. The lowest BCUT2D eigenvalue weighted by molar-refractivity contribution is 0.0658.